The molecule has 0 bridgehead atoms. The zero-order valence-electron chi connectivity index (χ0n) is 4.22. The molecule has 0 rings (SSSR count). The quantitative estimate of drug-likeness (QED) is 0.273. The van der Waals surface area contributed by atoms with E-state index in [0.29, 0.717) is 0 Å². The maximum atomic E-state index is 9.35. The maximum Gasteiger partial charge on any atom is 0.239 e. The van der Waals surface area contributed by atoms with E-state index in [4.69, 9.17) is 0 Å². The topological polar surface area (TPSA) is 29.4 Å². The Balaban J connectivity index is 3.27. The molecule has 0 radical (unpaired) electrons. The molecule has 0 aromatic rings. The molecule has 38 valence electrons. The van der Waals surface area contributed by atoms with Crippen LogP contribution < -0.4 is 0 Å². The molecule has 0 aliphatic rings. The van der Waals surface area contributed by atoms with Crippen LogP contribution in [0.25, 0.3) is 0 Å². The van der Waals surface area contributed by atoms with Crippen molar-refractivity contribution in [1.29, 1.82) is 0 Å². The van der Waals surface area contributed by atoms with Crippen molar-refractivity contribution in [3.05, 3.63) is 12.3 Å². The number of hydrogen-bond donors (Lipinski definition) is 0. The molecule has 0 spiro atoms. The Morgan fingerprint density at radius 2 is 2.57 bits per heavy atom. The van der Waals surface area contributed by atoms with Crippen LogP contribution in [0.5, 0.6) is 0 Å². The van der Waals surface area contributed by atoms with Crippen LogP contribution in [-0.2, 0) is 4.79 Å². The summed E-state index contributed by atoms with van der Waals surface area (Å²) in [5, 5.41) is 0. The van der Waals surface area contributed by atoms with Gasteiger partial charge in [0, 0.05) is 16.4 Å². The fourth-order valence-electron chi connectivity index (χ4n) is 0.189. The van der Waals surface area contributed by atoms with Crippen LogP contribution in [0.3, 0.4) is 0 Å². The van der Waals surface area contributed by atoms with Crippen molar-refractivity contribution in [2.75, 3.05) is 0 Å². The highest BCUT2D eigenvalue weighted by atomic mass is 28.1. The molecule has 0 saturated heterocycles. The largest absolute Gasteiger partial charge is 0.239 e. The molecule has 0 heterocycles. The third-order valence-corrected chi connectivity index (χ3v) is 0.940. The molecule has 2 nitrogen and oxygen atoms in total. The van der Waals surface area contributed by atoms with Gasteiger partial charge in [-0.2, -0.15) is 4.99 Å². The van der Waals surface area contributed by atoms with Crippen molar-refractivity contribution < 1.29 is 4.79 Å². The second-order valence-corrected chi connectivity index (χ2v) is 1.83. The minimum absolute atomic E-state index is 1.05. The summed E-state index contributed by atoms with van der Waals surface area (Å²) >= 11 is 0. The molecule has 0 amide bonds. The van der Waals surface area contributed by atoms with Gasteiger partial charge in [0.05, 0.1) is 0 Å². The summed E-state index contributed by atoms with van der Waals surface area (Å²) in [5.41, 5.74) is 0. The van der Waals surface area contributed by atoms with E-state index in [1.54, 1.807) is 0 Å². The number of nitrogens with zero attached hydrogens (tertiary/aromatic N) is 1. The Bertz CT molecular complexity index is 104. The Hall–Kier alpha value is -0.663. The van der Waals surface area contributed by atoms with Gasteiger partial charge in [-0.05, 0) is 6.04 Å². The number of hydrogen-bond acceptors (Lipinski definition) is 2. The van der Waals surface area contributed by atoms with Crippen LogP contribution in [0, 0.1) is 0 Å². The monoisotopic (exact) mass is 113 g/mol. The third-order valence-electron chi connectivity index (χ3n) is 0.468. The first-order chi connectivity index (χ1) is 3.41. The van der Waals surface area contributed by atoms with Crippen molar-refractivity contribution in [3.8, 4) is 0 Å². The Kier molecular flexibility index (Phi) is 4.83. The first kappa shape index (κ1) is 6.34. The zero-order chi connectivity index (χ0) is 5.54. The molecule has 3 heteroatoms. The standard InChI is InChI=1S/C4H7NOSi/c6-4-5-2-1-3-7/h1-2H,3H2,7H3. The van der Waals surface area contributed by atoms with E-state index in [2.05, 4.69) is 4.99 Å². The van der Waals surface area contributed by atoms with Gasteiger partial charge in [0.1, 0.15) is 0 Å². The van der Waals surface area contributed by atoms with Crippen LogP contribution in [0.15, 0.2) is 17.3 Å². The smallest absolute Gasteiger partial charge is 0.211 e. The summed E-state index contributed by atoms with van der Waals surface area (Å²) in [4.78, 5) is 12.5. The molecule has 0 atom stereocenters. The van der Waals surface area contributed by atoms with Gasteiger partial charge in [0.25, 0.3) is 0 Å². The highest BCUT2D eigenvalue weighted by molar-refractivity contribution is 6.09. The second-order valence-electron chi connectivity index (χ2n) is 1.01. The van der Waals surface area contributed by atoms with Gasteiger partial charge < -0.3 is 0 Å². The number of allylic oxidation sites excluding steroid dienone is 1. The Labute approximate surface area is 45.4 Å². The van der Waals surface area contributed by atoms with Crippen LogP contribution in [0.4, 0.5) is 0 Å². The van der Waals surface area contributed by atoms with E-state index in [-0.39, 0.29) is 0 Å². The Morgan fingerprint density at radius 3 is 3.00 bits per heavy atom. The SMILES string of the molecule is O=C=NC=CC[SiH3]. The van der Waals surface area contributed by atoms with Crippen LogP contribution in [0.1, 0.15) is 0 Å². The van der Waals surface area contributed by atoms with Crippen molar-refractivity contribution in [1.82, 2.24) is 0 Å². The minimum Gasteiger partial charge on any atom is -0.211 e. The first-order valence-corrected chi connectivity index (χ1v) is 3.55. The van der Waals surface area contributed by atoms with Gasteiger partial charge in [0.2, 0.25) is 6.08 Å². The van der Waals surface area contributed by atoms with Crippen molar-refractivity contribution in [2.45, 2.75) is 6.04 Å². The van der Waals surface area contributed by atoms with E-state index in [1.165, 1.54) is 12.3 Å². The lowest BCUT2D eigenvalue weighted by molar-refractivity contribution is 0.565. The molecule has 0 aliphatic carbocycles. The van der Waals surface area contributed by atoms with Crippen molar-refractivity contribution >= 4 is 16.3 Å². The fraction of sp³-hybridized carbons (Fsp3) is 0.250. The lowest BCUT2D eigenvalue weighted by atomic mass is 10.7. The van der Waals surface area contributed by atoms with Crippen LogP contribution in [0.2, 0.25) is 6.04 Å². The molecule has 0 unspecified atom stereocenters. The van der Waals surface area contributed by atoms with Gasteiger partial charge in [-0.1, -0.05) is 6.08 Å². The van der Waals surface area contributed by atoms with E-state index in [0.717, 1.165) is 16.3 Å². The third kappa shape index (κ3) is 5.34. The number of rotatable bonds is 2. The van der Waals surface area contributed by atoms with Gasteiger partial charge in [0.15, 0.2) is 0 Å². The number of carbonyl (C=O) groups excluding carboxylic acids is 1. The molecule has 0 fully saturated rings. The molecule has 0 aromatic heterocycles. The minimum atomic E-state index is 1.05. The lowest BCUT2D eigenvalue weighted by Gasteiger charge is -1.66. The lowest BCUT2D eigenvalue weighted by Crippen LogP contribution is -1.54. The van der Waals surface area contributed by atoms with E-state index in [1.807, 2.05) is 6.08 Å². The molecule has 0 saturated carbocycles. The zero-order valence-corrected chi connectivity index (χ0v) is 6.22. The van der Waals surface area contributed by atoms with Gasteiger partial charge in [-0.15, -0.1) is 0 Å². The molecule has 0 aromatic carbocycles. The van der Waals surface area contributed by atoms with Gasteiger partial charge >= 0.3 is 0 Å². The highest BCUT2D eigenvalue weighted by Crippen LogP contribution is 1.74. The molecular formula is C4H7NOSi. The van der Waals surface area contributed by atoms with Crippen LogP contribution in [-0.4, -0.2) is 16.3 Å². The molecule has 0 N–H and O–H groups in total. The highest BCUT2D eigenvalue weighted by Gasteiger charge is 1.59. The summed E-state index contributed by atoms with van der Waals surface area (Å²) < 4.78 is 0. The van der Waals surface area contributed by atoms with E-state index < -0.39 is 0 Å². The number of isocyanates is 1. The second kappa shape index (κ2) is 5.34. The summed E-state index contributed by atoms with van der Waals surface area (Å²) in [7, 11) is 1.13. The van der Waals surface area contributed by atoms with E-state index in [9.17, 15) is 4.79 Å². The van der Waals surface area contributed by atoms with Crippen molar-refractivity contribution in [2.24, 2.45) is 4.99 Å². The average molecular weight is 113 g/mol. The molecule has 7 heavy (non-hydrogen) atoms. The summed E-state index contributed by atoms with van der Waals surface area (Å²) in [5.74, 6) is 0. The summed E-state index contributed by atoms with van der Waals surface area (Å²) in [6.07, 6.45) is 4.72. The predicted molar refractivity (Wildman–Crippen MR) is 32.0 cm³/mol. The van der Waals surface area contributed by atoms with Crippen LogP contribution >= 0.6 is 0 Å². The Morgan fingerprint density at radius 1 is 1.86 bits per heavy atom. The van der Waals surface area contributed by atoms with Gasteiger partial charge in [-0.3, -0.25) is 0 Å². The predicted octanol–water partition coefficient (Wildman–Crippen LogP) is -0.380. The normalized spacial score (nSPS) is 9.14. The summed E-state index contributed by atoms with van der Waals surface area (Å²) in [6, 6.07) is 1.05. The van der Waals surface area contributed by atoms with Gasteiger partial charge in [-0.25, -0.2) is 4.79 Å². The first-order valence-electron chi connectivity index (χ1n) is 2.13. The fourth-order valence-corrected chi connectivity index (χ4v) is 0.399. The number of aliphatic imine (C=N–C) groups is 1. The molecule has 0 aliphatic heterocycles. The van der Waals surface area contributed by atoms with Crippen molar-refractivity contribution in [3.63, 3.8) is 0 Å². The van der Waals surface area contributed by atoms with E-state index >= 15 is 0 Å². The molecular weight excluding hydrogens is 106 g/mol. The average Bonchev–Trinajstić information content (AvgIpc) is 1.69. The maximum absolute atomic E-state index is 9.35. The summed E-state index contributed by atoms with van der Waals surface area (Å²) in [6.45, 7) is 0.